The van der Waals surface area contributed by atoms with Crippen molar-refractivity contribution in [1.29, 1.82) is 0 Å². The second-order valence-corrected chi connectivity index (χ2v) is 5.05. The number of aromatic nitrogens is 2. The van der Waals surface area contributed by atoms with E-state index in [1.165, 1.54) is 12.1 Å². The first kappa shape index (κ1) is 14.7. The first-order valence-corrected chi connectivity index (χ1v) is 6.81. The molecule has 0 saturated carbocycles. The third-order valence-corrected chi connectivity index (χ3v) is 3.36. The summed E-state index contributed by atoms with van der Waals surface area (Å²) >= 11 is 12.0. The van der Waals surface area contributed by atoms with Gasteiger partial charge in [0.1, 0.15) is 12.4 Å². The predicted molar refractivity (Wildman–Crippen MR) is 81.1 cm³/mol. The zero-order chi connectivity index (χ0) is 14.7. The molecule has 1 aromatic carbocycles. The van der Waals surface area contributed by atoms with Crippen molar-refractivity contribution in [1.82, 2.24) is 9.55 Å². The van der Waals surface area contributed by atoms with E-state index >= 15 is 0 Å². The van der Waals surface area contributed by atoms with Crippen LogP contribution in [-0.2, 0) is 17.8 Å². The third-order valence-electron chi connectivity index (χ3n) is 2.76. The molecule has 1 amide bonds. The van der Waals surface area contributed by atoms with Gasteiger partial charge in [-0.1, -0.05) is 30.1 Å². The van der Waals surface area contributed by atoms with E-state index in [1.807, 2.05) is 6.92 Å². The van der Waals surface area contributed by atoms with Crippen LogP contribution in [-0.4, -0.2) is 15.5 Å². The summed E-state index contributed by atoms with van der Waals surface area (Å²) in [5, 5.41) is 3.31. The Morgan fingerprint density at radius 3 is 2.65 bits per heavy atom. The lowest BCUT2D eigenvalue weighted by molar-refractivity contribution is -0.116. The van der Waals surface area contributed by atoms with Gasteiger partial charge in [-0.2, -0.15) is 0 Å². The number of hydrogen-bond donors (Lipinski definition) is 2. The summed E-state index contributed by atoms with van der Waals surface area (Å²) in [6.45, 7) is 2.13. The summed E-state index contributed by atoms with van der Waals surface area (Å²) in [6.07, 6.45) is 4.17. The molecule has 0 bridgehead atoms. The highest BCUT2D eigenvalue weighted by atomic mass is 35.5. The molecule has 0 spiro atoms. The fourth-order valence-corrected chi connectivity index (χ4v) is 2.44. The van der Waals surface area contributed by atoms with Gasteiger partial charge in [0.25, 0.3) is 0 Å². The molecule has 0 aliphatic heterocycles. The van der Waals surface area contributed by atoms with Crippen molar-refractivity contribution >= 4 is 40.5 Å². The molecule has 0 atom stereocenters. The van der Waals surface area contributed by atoms with Crippen molar-refractivity contribution in [2.75, 3.05) is 11.1 Å². The van der Waals surface area contributed by atoms with E-state index in [-0.39, 0.29) is 12.5 Å². The zero-order valence-corrected chi connectivity index (χ0v) is 12.4. The average molecular weight is 313 g/mol. The van der Waals surface area contributed by atoms with E-state index in [9.17, 15) is 4.79 Å². The monoisotopic (exact) mass is 312 g/mol. The van der Waals surface area contributed by atoms with Crippen LogP contribution in [0.4, 0.5) is 11.4 Å². The van der Waals surface area contributed by atoms with Crippen LogP contribution in [0.3, 0.4) is 0 Å². The number of nitrogens with zero attached hydrogens (tertiary/aromatic N) is 2. The molecule has 106 valence electrons. The number of aryl methyl sites for hydroxylation is 1. The number of carbonyl (C=O) groups excluding carboxylic acids is 1. The molecule has 2 rings (SSSR count). The summed E-state index contributed by atoms with van der Waals surface area (Å²) < 4.78 is 1.77. The largest absolute Gasteiger partial charge is 0.399 e. The number of anilines is 2. The number of halogens is 2. The molecule has 1 heterocycles. The molecule has 7 heteroatoms. The van der Waals surface area contributed by atoms with Gasteiger partial charge in [0.05, 0.1) is 15.7 Å². The second-order valence-electron chi connectivity index (χ2n) is 4.23. The number of imidazole rings is 1. The van der Waals surface area contributed by atoms with Gasteiger partial charge in [0, 0.05) is 24.5 Å². The number of hydrogen-bond acceptors (Lipinski definition) is 3. The van der Waals surface area contributed by atoms with Crippen LogP contribution in [0.15, 0.2) is 24.5 Å². The molecule has 0 radical (unpaired) electrons. The smallest absolute Gasteiger partial charge is 0.244 e. The second kappa shape index (κ2) is 6.15. The summed E-state index contributed by atoms with van der Waals surface area (Å²) in [5.74, 6) is 0.612. The predicted octanol–water partition coefficient (Wildman–Crippen LogP) is 2.97. The standard InChI is InChI=1S/C13H14Cl2N4O/c1-2-11-17-3-4-19(11)7-12(20)18-13-9(14)5-8(16)6-10(13)15/h3-6H,2,7,16H2,1H3,(H,18,20). The van der Waals surface area contributed by atoms with Crippen molar-refractivity contribution in [3.63, 3.8) is 0 Å². The Balaban J connectivity index is 2.13. The Kier molecular flexibility index (Phi) is 4.52. The van der Waals surface area contributed by atoms with Crippen molar-refractivity contribution in [3.05, 3.63) is 40.4 Å². The van der Waals surface area contributed by atoms with Gasteiger partial charge in [-0.15, -0.1) is 0 Å². The van der Waals surface area contributed by atoms with Crippen molar-refractivity contribution < 1.29 is 4.79 Å². The minimum Gasteiger partial charge on any atom is -0.399 e. The van der Waals surface area contributed by atoms with Crippen LogP contribution in [0.5, 0.6) is 0 Å². The average Bonchev–Trinajstić information content (AvgIpc) is 2.81. The number of nitrogens with two attached hydrogens (primary N) is 1. The molecule has 0 unspecified atom stereocenters. The highest BCUT2D eigenvalue weighted by Crippen LogP contribution is 2.32. The van der Waals surface area contributed by atoms with Crippen molar-refractivity contribution in [3.8, 4) is 0 Å². The van der Waals surface area contributed by atoms with E-state index in [4.69, 9.17) is 28.9 Å². The lowest BCUT2D eigenvalue weighted by Gasteiger charge is -2.11. The molecule has 2 aromatic rings. The molecule has 20 heavy (non-hydrogen) atoms. The van der Waals surface area contributed by atoms with Crippen molar-refractivity contribution in [2.45, 2.75) is 19.9 Å². The fraction of sp³-hybridized carbons (Fsp3) is 0.231. The summed E-state index contributed by atoms with van der Waals surface area (Å²) in [4.78, 5) is 16.2. The number of carbonyl (C=O) groups is 1. The van der Waals surface area contributed by atoms with E-state index in [0.717, 1.165) is 12.2 Å². The van der Waals surface area contributed by atoms with Crippen LogP contribution in [0.25, 0.3) is 0 Å². The van der Waals surface area contributed by atoms with Crippen molar-refractivity contribution in [2.24, 2.45) is 0 Å². The molecule has 0 aliphatic carbocycles. The normalized spacial score (nSPS) is 10.6. The van der Waals surface area contributed by atoms with Crippen LogP contribution in [0.1, 0.15) is 12.7 Å². The first-order chi connectivity index (χ1) is 9.51. The minimum atomic E-state index is -0.230. The summed E-state index contributed by atoms with van der Waals surface area (Å²) in [6, 6.07) is 3.08. The Morgan fingerprint density at radius 2 is 2.05 bits per heavy atom. The zero-order valence-electron chi connectivity index (χ0n) is 10.9. The van der Waals surface area contributed by atoms with E-state index in [2.05, 4.69) is 10.3 Å². The van der Waals surface area contributed by atoms with Crippen LogP contribution in [0, 0.1) is 0 Å². The number of nitrogens with one attached hydrogen (secondary N) is 1. The number of benzene rings is 1. The summed E-state index contributed by atoms with van der Waals surface area (Å²) in [5.41, 5.74) is 6.42. The molecular weight excluding hydrogens is 299 g/mol. The first-order valence-electron chi connectivity index (χ1n) is 6.05. The van der Waals surface area contributed by atoms with Gasteiger partial charge in [-0.3, -0.25) is 4.79 Å². The van der Waals surface area contributed by atoms with E-state index in [0.29, 0.717) is 21.4 Å². The van der Waals surface area contributed by atoms with Gasteiger partial charge < -0.3 is 15.6 Å². The Labute approximate surface area is 126 Å². The molecular formula is C13H14Cl2N4O. The molecule has 0 saturated heterocycles. The number of rotatable bonds is 4. The van der Waals surface area contributed by atoms with Gasteiger partial charge in [-0.25, -0.2) is 4.98 Å². The van der Waals surface area contributed by atoms with Crippen LogP contribution < -0.4 is 11.1 Å². The van der Waals surface area contributed by atoms with E-state index < -0.39 is 0 Å². The van der Waals surface area contributed by atoms with Gasteiger partial charge >= 0.3 is 0 Å². The maximum atomic E-state index is 12.0. The number of amides is 1. The fourth-order valence-electron chi connectivity index (χ4n) is 1.84. The van der Waals surface area contributed by atoms with Gasteiger partial charge in [0.2, 0.25) is 5.91 Å². The quantitative estimate of drug-likeness (QED) is 0.852. The van der Waals surface area contributed by atoms with Gasteiger partial charge in [-0.05, 0) is 12.1 Å². The van der Waals surface area contributed by atoms with Crippen LogP contribution >= 0.6 is 23.2 Å². The molecule has 5 nitrogen and oxygen atoms in total. The Morgan fingerprint density at radius 1 is 1.40 bits per heavy atom. The SMILES string of the molecule is CCc1nccn1CC(=O)Nc1c(Cl)cc(N)cc1Cl. The Hall–Kier alpha value is -1.72. The highest BCUT2D eigenvalue weighted by molar-refractivity contribution is 6.40. The molecule has 0 aliphatic rings. The van der Waals surface area contributed by atoms with Gasteiger partial charge in [0.15, 0.2) is 0 Å². The lowest BCUT2D eigenvalue weighted by Crippen LogP contribution is -2.20. The molecule has 0 fully saturated rings. The lowest BCUT2D eigenvalue weighted by atomic mass is 10.2. The Bertz CT molecular complexity index is 616. The number of nitrogen functional groups attached to an aromatic ring is 1. The third kappa shape index (κ3) is 3.23. The maximum Gasteiger partial charge on any atom is 0.244 e. The molecule has 1 aromatic heterocycles. The van der Waals surface area contributed by atoms with E-state index in [1.54, 1.807) is 17.0 Å². The van der Waals surface area contributed by atoms with Crippen LogP contribution in [0.2, 0.25) is 10.0 Å². The molecule has 3 N–H and O–H groups in total. The minimum absolute atomic E-state index is 0.153. The summed E-state index contributed by atoms with van der Waals surface area (Å²) in [7, 11) is 0. The highest BCUT2D eigenvalue weighted by Gasteiger charge is 2.12. The maximum absolute atomic E-state index is 12.0. The topological polar surface area (TPSA) is 72.9 Å².